The van der Waals surface area contributed by atoms with Crippen molar-refractivity contribution < 1.29 is 14.3 Å². The molecule has 0 bridgehead atoms. The van der Waals surface area contributed by atoms with Crippen LogP contribution in [-0.4, -0.2) is 25.0 Å². The maximum absolute atomic E-state index is 12.5. The number of halogens is 1. The third kappa shape index (κ3) is 2.95. The van der Waals surface area contributed by atoms with Crippen molar-refractivity contribution in [3.05, 3.63) is 52.5 Å². The van der Waals surface area contributed by atoms with Gasteiger partial charge in [0.15, 0.2) is 6.10 Å². The molecule has 0 radical (unpaired) electrons. The van der Waals surface area contributed by atoms with Gasteiger partial charge in [-0.05, 0) is 49.7 Å². The van der Waals surface area contributed by atoms with Crippen LogP contribution in [0.1, 0.15) is 22.8 Å². The van der Waals surface area contributed by atoms with Gasteiger partial charge in [0.05, 0.1) is 5.69 Å². The van der Waals surface area contributed by atoms with E-state index in [1.807, 2.05) is 13.0 Å². The molecule has 5 nitrogen and oxygen atoms in total. The Kier molecular flexibility index (Phi) is 4.20. The Labute approximate surface area is 145 Å². The van der Waals surface area contributed by atoms with Crippen LogP contribution in [0, 0.1) is 6.92 Å². The zero-order valence-corrected chi connectivity index (χ0v) is 14.3. The molecule has 0 aromatic heterocycles. The largest absolute Gasteiger partial charge is 0.479 e. The molecule has 0 spiro atoms. The van der Waals surface area contributed by atoms with Crippen molar-refractivity contribution in [2.24, 2.45) is 0 Å². The third-order valence-corrected chi connectivity index (χ3v) is 4.25. The van der Waals surface area contributed by atoms with Gasteiger partial charge in [0.1, 0.15) is 5.75 Å². The summed E-state index contributed by atoms with van der Waals surface area (Å²) in [6.45, 7) is 3.58. The molecule has 0 fully saturated rings. The molecule has 1 N–H and O–H groups in total. The number of rotatable bonds is 2. The second-order valence-corrected chi connectivity index (χ2v) is 6.19. The van der Waals surface area contributed by atoms with E-state index in [0.29, 0.717) is 27.7 Å². The molecule has 3 rings (SSSR count). The molecule has 6 heteroatoms. The average molecular weight is 345 g/mol. The van der Waals surface area contributed by atoms with E-state index in [1.54, 1.807) is 44.3 Å². The fourth-order valence-corrected chi connectivity index (χ4v) is 2.75. The van der Waals surface area contributed by atoms with E-state index in [1.165, 1.54) is 4.90 Å². The lowest BCUT2D eigenvalue weighted by molar-refractivity contribution is -0.125. The standard InChI is InChI=1S/C18H17ClN2O3/c1-10-4-6-13(19)9-14(10)20-17(22)12-5-7-15-16(8-12)24-11(2)18(23)21(15)3/h4-9,11H,1-3H3,(H,20,22). The van der Waals surface area contributed by atoms with Gasteiger partial charge in [-0.25, -0.2) is 0 Å². The van der Waals surface area contributed by atoms with E-state index >= 15 is 0 Å². The quantitative estimate of drug-likeness (QED) is 0.904. The number of benzene rings is 2. The van der Waals surface area contributed by atoms with Crippen LogP contribution >= 0.6 is 11.6 Å². The summed E-state index contributed by atoms with van der Waals surface area (Å²) < 4.78 is 5.61. The molecule has 0 saturated heterocycles. The van der Waals surface area contributed by atoms with Crippen molar-refractivity contribution in [3.63, 3.8) is 0 Å². The first-order valence-electron chi connectivity index (χ1n) is 7.52. The minimum Gasteiger partial charge on any atom is -0.479 e. The molecule has 0 saturated carbocycles. The number of hydrogen-bond donors (Lipinski definition) is 1. The number of carbonyl (C=O) groups is 2. The smallest absolute Gasteiger partial charge is 0.267 e. The number of nitrogens with zero attached hydrogens (tertiary/aromatic N) is 1. The lowest BCUT2D eigenvalue weighted by Gasteiger charge is -2.30. The maximum Gasteiger partial charge on any atom is 0.267 e. The van der Waals surface area contributed by atoms with Gasteiger partial charge in [-0.15, -0.1) is 0 Å². The van der Waals surface area contributed by atoms with Gasteiger partial charge >= 0.3 is 0 Å². The summed E-state index contributed by atoms with van der Waals surface area (Å²) in [5.74, 6) is 0.133. The number of amides is 2. The van der Waals surface area contributed by atoms with Gasteiger partial charge in [-0.2, -0.15) is 0 Å². The van der Waals surface area contributed by atoms with Crippen LogP contribution in [0.15, 0.2) is 36.4 Å². The summed E-state index contributed by atoms with van der Waals surface area (Å²) >= 11 is 5.98. The van der Waals surface area contributed by atoms with Crippen LogP contribution in [0.5, 0.6) is 5.75 Å². The average Bonchev–Trinajstić information content (AvgIpc) is 2.55. The fraction of sp³-hybridized carbons (Fsp3) is 0.222. The van der Waals surface area contributed by atoms with Gasteiger partial charge < -0.3 is 15.0 Å². The second kappa shape index (κ2) is 6.17. The first kappa shape index (κ1) is 16.3. The topological polar surface area (TPSA) is 58.6 Å². The fourth-order valence-electron chi connectivity index (χ4n) is 2.58. The highest BCUT2D eigenvalue weighted by Gasteiger charge is 2.29. The number of hydrogen-bond acceptors (Lipinski definition) is 3. The summed E-state index contributed by atoms with van der Waals surface area (Å²) in [5.41, 5.74) is 2.67. The highest BCUT2D eigenvalue weighted by atomic mass is 35.5. The van der Waals surface area contributed by atoms with E-state index in [0.717, 1.165) is 5.56 Å². The summed E-state index contributed by atoms with van der Waals surface area (Å²) in [4.78, 5) is 26.0. The number of ether oxygens (including phenoxy) is 1. The normalized spacial score (nSPS) is 16.4. The van der Waals surface area contributed by atoms with Crippen molar-refractivity contribution in [1.29, 1.82) is 0 Å². The Morgan fingerprint density at radius 2 is 2.00 bits per heavy atom. The predicted molar refractivity (Wildman–Crippen MR) is 94.1 cm³/mol. The van der Waals surface area contributed by atoms with E-state index in [4.69, 9.17) is 16.3 Å². The number of anilines is 2. The number of carbonyl (C=O) groups excluding carboxylic acids is 2. The number of likely N-dealkylation sites (N-methyl/N-ethyl adjacent to an activating group) is 1. The summed E-state index contributed by atoms with van der Waals surface area (Å²) in [5, 5.41) is 3.40. The molecular formula is C18H17ClN2O3. The second-order valence-electron chi connectivity index (χ2n) is 5.75. The van der Waals surface area contributed by atoms with Crippen LogP contribution in [0.2, 0.25) is 5.02 Å². The van der Waals surface area contributed by atoms with Crippen molar-refractivity contribution in [2.45, 2.75) is 20.0 Å². The minimum atomic E-state index is -0.573. The summed E-state index contributed by atoms with van der Waals surface area (Å²) in [7, 11) is 1.69. The van der Waals surface area contributed by atoms with Crippen molar-refractivity contribution in [2.75, 3.05) is 17.3 Å². The third-order valence-electron chi connectivity index (χ3n) is 4.01. The van der Waals surface area contributed by atoms with Gasteiger partial charge in [0, 0.05) is 23.3 Å². The molecule has 124 valence electrons. The Morgan fingerprint density at radius 3 is 2.75 bits per heavy atom. The zero-order chi connectivity index (χ0) is 17.4. The van der Waals surface area contributed by atoms with Gasteiger partial charge in [-0.3, -0.25) is 9.59 Å². The molecule has 2 aromatic carbocycles. The Bertz CT molecular complexity index is 835. The number of aryl methyl sites for hydroxylation is 1. The molecule has 1 aliphatic rings. The molecule has 24 heavy (non-hydrogen) atoms. The first-order chi connectivity index (χ1) is 11.4. The van der Waals surface area contributed by atoms with Crippen molar-refractivity contribution in [3.8, 4) is 5.75 Å². The Balaban J connectivity index is 1.88. The first-order valence-corrected chi connectivity index (χ1v) is 7.90. The minimum absolute atomic E-state index is 0.116. The molecule has 1 heterocycles. The Morgan fingerprint density at radius 1 is 1.25 bits per heavy atom. The lowest BCUT2D eigenvalue weighted by Crippen LogP contribution is -2.42. The highest BCUT2D eigenvalue weighted by Crippen LogP contribution is 2.34. The molecule has 0 aliphatic carbocycles. The molecular weight excluding hydrogens is 328 g/mol. The summed E-state index contributed by atoms with van der Waals surface area (Å²) in [6, 6.07) is 10.3. The monoisotopic (exact) mass is 344 g/mol. The van der Waals surface area contributed by atoms with E-state index in [2.05, 4.69) is 5.32 Å². The van der Waals surface area contributed by atoms with Gasteiger partial charge in [0.25, 0.3) is 11.8 Å². The zero-order valence-electron chi connectivity index (χ0n) is 13.6. The van der Waals surface area contributed by atoms with Crippen LogP contribution in [-0.2, 0) is 4.79 Å². The van der Waals surface area contributed by atoms with Crippen LogP contribution in [0.25, 0.3) is 0 Å². The van der Waals surface area contributed by atoms with Crippen LogP contribution < -0.4 is 15.0 Å². The van der Waals surface area contributed by atoms with E-state index < -0.39 is 6.10 Å². The molecule has 1 unspecified atom stereocenters. The Hall–Kier alpha value is -2.53. The van der Waals surface area contributed by atoms with Gasteiger partial charge in [0.2, 0.25) is 0 Å². The molecule has 1 atom stereocenters. The molecule has 2 aromatic rings. The van der Waals surface area contributed by atoms with Crippen molar-refractivity contribution in [1.82, 2.24) is 0 Å². The van der Waals surface area contributed by atoms with Crippen LogP contribution in [0.4, 0.5) is 11.4 Å². The van der Waals surface area contributed by atoms with E-state index in [-0.39, 0.29) is 11.8 Å². The SMILES string of the molecule is Cc1ccc(Cl)cc1NC(=O)c1ccc2c(c1)OC(C)C(=O)N2C. The lowest BCUT2D eigenvalue weighted by atomic mass is 10.1. The highest BCUT2D eigenvalue weighted by molar-refractivity contribution is 6.31. The van der Waals surface area contributed by atoms with Crippen LogP contribution in [0.3, 0.4) is 0 Å². The van der Waals surface area contributed by atoms with Crippen molar-refractivity contribution >= 4 is 34.8 Å². The number of fused-ring (bicyclic) bond motifs is 1. The summed E-state index contributed by atoms with van der Waals surface area (Å²) in [6.07, 6.45) is -0.573. The predicted octanol–water partition coefficient (Wildman–Crippen LogP) is 3.64. The van der Waals surface area contributed by atoms with Gasteiger partial charge in [-0.1, -0.05) is 17.7 Å². The number of nitrogens with one attached hydrogen (secondary N) is 1. The maximum atomic E-state index is 12.5. The van der Waals surface area contributed by atoms with E-state index in [9.17, 15) is 9.59 Å². The molecule has 2 amide bonds. The molecule has 1 aliphatic heterocycles.